The van der Waals surface area contributed by atoms with E-state index in [0.717, 1.165) is 0 Å². The molecule has 0 saturated carbocycles. The van der Waals surface area contributed by atoms with Crippen LogP contribution in [0.4, 0.5) is 0 Å². The molecule has 1 aliphatic heterocycles. The van der Waals surface area contributed by atoms with E-state index in [2.05, 4.69) is 0 Å². The van der Waals surface area contributed by atoms with Gasteiger partial charge < -0.3 is 14.9 Å². The van der Waals surface area contributed by atoms with Crippen molar-refractivity contribution < 1.29 is 14.9 Å². The van der Waals surface area contributed by atoms with Crippen molar-refractivity contribution in [2.75, 3.05) is 12.4 Å². The van der Waals surface area contributed by atoms with Crippen LogP contribution in [0.5, 0.6) is 0 Å². The molecule has 2 heterocycles. The number of aliphatic hydroxyl groups excluding tert-OH is 2. The summed E-state index contributed by atoms with van der Waals surface area (Å²) in [4.78, 5) is 0. The molecule has 5 heteroatoms. The third-order valence-corrected chi connectivity index (χ3v) is 4.36. The zero-order valence-corrected chi connectivity index (χ0v) is 9.13. The van der Waals surface area contributed by atoms with Gasteiger partial charge in [0, 0.05) is 5.75 Å². The maximum atomic E-state index is 9.50. The number of hydrogen-bond acceptors (Lipinski definition) is 5. The fourth-order valence-corrected chi connectivity index (χ4v) is 3.21. The van der Waals surface area contributed by atoms with E-state index < -0.39 is 12.2 Å². The first-order valence-electron chi connectivity index (χ1n) is 4.41. The monoisotopic (exact) mass is 232 g/mol. The highest BCUT2D eigenvalue weighted by Crippen LogP contribution is 2.27. The van der Waals surface area contributed by atoms with Gasteiger partial charge >= 0.3 is 0 Å². The molecule has 78 valence electrons. The maximum Gasteiger partial charge on any atom is 0.109 e. The molecule has 0 spiro atoms. The minimum Gasteiger partial charge on any atom is -0.388 e. The van der Waals surface area contributed by atoms with Gasteiger partial charge in [0.2, 0.25) is 0 Å². The second-order valence-electron chi connectivity index (χ2n) is 3.17. The summed E-state index contributed by atoms with van der Waals surface area (Å²) in [5, 5.41) is 20.8. The summed E-state index contributed by atoms with van der Waals surface area (Å²) in [6.07, 6.45) is -1.69. The van der Waals surface area contributed by atoms with E-state index >= 15 is 0 Å². The summed E-state index contributed by atoms with van der Waals surface area (Å²) in [6, 6.07) is 4.03. The van der Waals surface area contributed by atoms with Crippen LogP contribution in [0, 0.1) is 0 Å². The topological polar surface area (TPSA) is 49.7 Å². The molecule has 1 aliphatic rings. The Balaban J connectivity index is 1.81. The summed E-state index contributed by atoms with van der Waals surface area (Å²) in [5.41, 5.74) is 0. The van der Waals surface area contributed by atoms with Crippen LogP contribution < -0.4 is 0 Å². The standard InChI is InChI=1S/C9H12O3S2/c10-6-4-12-7(9(6)11)5-14-8-2-1-3-13-8/h1-3,6-7,9-11H,4-5H2. The fraction of sp³-hybridized carbons (Fsp3) is 0.556. The van der Waals surface area contributed by atoms with Gasteiger partial charge in [0.15, 0.2) is 0 Å². The molecule has 0 radical (unpaired) electrons. The SMILES string of the molecule is OC1COC(CSc2cccs2)C1O. The van der Waals surface area contributed by atoms with Crippen LogP contribution in [0.1, 0.15) is 0 Å². The van der Waals surface area contributed by atoms with Crippen molar-refractivity contribution in [3.05, 3.63) is 17.5 Å². The molecule has 0 bridgehead atoms. The minimum atomic E-state index is -0.734. The van der Waals surface area contributed by atoms with Crippen molar-refractivity contribution in [2.45, 2.75) is 22.5 Å². The van der Waals surface area contributed by atoms with Crippen molar-refractivity contribution in [3.63, 3.8) is 0 Å². The van der Waals surface area contributed by atoms with Gasteiger partial charge in [-0.25, -0.2) is 0 Å². The molecule has 1 saturated heterocycles. The molecule has 2 rings (SSSR count). The zero-order chi connectivity index (χ0) is 9.97. The van der Waals surface area contributed by atoms with E-state index in [1.165, 1.54) is 4.21 Å². The molecule has 3 atom stereocenters. The number of thiophene rings is 1. The molecular weight excluding hydrogens is 220 g/mol. The Morgan fingerprint density at radius 3 is 3.00 bits per heavy atom. The summed E-state index contributed by atoms with van der Waals surface area (Å²) in [5.74, 6) is 0.693. The van der Waals surface area contributed by atoms with Crippen LogP contribution in [-0.2, 0) is 4.74 Å². The van der Waals surface area contributed by atoms with Crippen molar-refractivity contribution >= 4 is 23.1 Å². The Morgan fingerprint density at radius 2 is 2.43 bits per heavy atom. The van der Waals surface area contributed by atoms with E-state index in [1.807, 2.05) is 17.5 Å². The van der Waals surface area contributed by atoms with Crippen LogP contribution in [0.3, 0.4) is 0 Å². The van der Waals surface area contributed by atoms with Crippen molar-refractivity contribution in [3.8, 4) is 0 Å². The lowest BCUT2D eigenvalue weighted by Crippen LogP contribution is -2.31. The highest BCUT2D eigenvalue weighted by atomic mass is 32.2. The average Bonchev–Trinajstić information content (AvgIpc) is 2.77. The summed E-state index contributed by atoms with van der Waals surface area (Å²) >= 11 is 3.32. The average molecular weight is 232 g/mol. The van der Waals surface area contributed by atoms with Crippen LogP contribution in [0.2, 0.25) is 0 Å². The van der Waals surface area contributed by atoms with Gasteiger partial charge in [0.05, 0.1) is 16.9 Å². The van der Waals surface area contributed by atoms with Gasteiger partial charge in [-0.1, -0.05) is 6.07 Å². The second-order valence-corrected chi connectivity index (χ2v) is 5.44. The Hall–Kier alpha value is -0.0700. The van der Waals surface area contributed by atoms with Crippen molar-refractivity contribution in [1.82, 2.24) is 0 Å². The number of hydrogen-bond donors (Lipinski definition) is 2. The van der Waals surface area contributed by atoms with Crippen molar-refractivity contribution in [1.29, 1.82) is 0 Å². The summed E-state index contributed by atoms with van der Waals surface area (Å²) in [6.45, 7) is 0.247. The molecule has 0 amide bonds. The van der Waals surface area contributed by atoms with E-state index in [4.69, 9.17) is 4.74 Å². The Labute approximate surface area is 90.7 Å². The van der Waals surface area contributed by atoms with Crippen LogP contribution >= 0.6 is 23.1 Å². The maximum absolute atomic E-state index is 9.50. The van der Waals surface area contributed by atoms with Gasteiger partial charge in [0.25, 0.3) is 0 Å². The lowest BCUT2D eigenvalue weighted by Gasteiger charge is -2.13. The zero-order valence-electron chi connectivity index (χ0n) is 7.50. The Kier molecular flexibility index (Phi) is 3.46. The number of aliphatic hydroxyl groups is 2. The third kappa shape index (κ3) is 2.29. The quantitative estimate of drug-likeness (QED) is 0.762. The first-order chi connectivity index (χ1) is 6.77. The lowest BCUT2D eigenvalue weighted by atomic mass is 10.2. The molecule has 1 aromatic rings. The molecule has 3 nitrogen and oxygen atoms in total. The van der Waals surface area contributed by atoms with Gasteiger partial charge in [-0.05, 0) is 11.4 Å². The number of thioether (sulfide) groups is 1. The molecule has 3 unspecified atom stereocenters. The first kappa shape index (κ1) is 10.4. The largest absolute Gasteiger partial charge is 0.388 e. The molecule has 2 N–H and O–H groups in total. The smallest absolute Gasteiger partial charge is 0.109 e. The van der Waals surface area contributed by atoms with Gasteiger partial charge in [-0.3, -0.25) is 0 Å². The van der Waals surface area contributed by atoms with Gasteiger partial charge in [-0.2, -0.15) is 0 Å². The highest BCUT2D eigenvalue weighted by molar-refractivity contribution is 8.01. The summed E-state index contributed by atoms with van der Waals surface area (Å²) in [7, 11) is 0. The molecule has 0 aromatic carbocycles. The van der Waals surface area contributed by atoms with Crippen LogP contribution in [0.25, 0.3) is 0 Å². The van der Waals surface area contributed by atoms with Gasteiger partial charge in [0.1, 0.15) is 12.2 Å². The minimum absolute atomic E-state index is 0.239. The number of rotatable bonds is 3. The van der Waals surface area contributed by atoms with E-state index in [1.54, 1.807) is 23.1 Å². The first-order valence-corrected chi connectivity index (χ1v) is 6.28. The van der Waals surface area contributed by atoms with Crippen molar-refractivity contribution in [2.24, 2.45) is 0 Å². The predicted octanol–water partition coefficient (Wildman–Crippen LogP) is 0.961. The third-order valence-electron chi connectivity index (χ3n) is 2.14. The molecular formula is C9H12O3S2. The van der Waals surface area contributed by atoms with E-state index in [0.29, 0.717) is 5.75 Å². The second kappa shape index (κ2) is 4.63. The van der Waals surface area contributed by atoms with E-state index in [9.17, 15) is 10.2 Å². The molecule has 1 aromatic heterocycles. The predicted molar refractivity (Wildman–Crippen MR) is 56.8 cm³/mol. The molecule has 0 aliphatic carbocycles. The Morgan fingerprint density at radius 1 is 1.57 bits per heavy atom. The number of ether oxygens (including phenoxy) is 1. The lowest BCUT2D eigenvalue weighted by molar-refractivity contribution is 0.0337. The summed E-state index contributed by atoms with van der Waals surface area (Å²) < 4.78 is 6.47. The fourth-order valence-electron chi connectivity index (χ4n) is 1.32. The van der Waals surface area contributed by atoms with E-state index in [-0.39, 0.29) is 12.7 Å². The van der Waals surface area contributed by atoms with Crippen LogP contribution in [0.15, 0.2) is 21.7 Å². The van der Waals surface area contributed by atoms with Crippen LogP contribution in [-0.4, -0.2) is 40.9 Å². The van der Waals surface area contributed by atoms with Gasteiger partial charge in [-0.15, -0.1) is 23.1 Å². The molecule has 14 heavy (non-hydrogen) atoms. The molecule has 1 fully saturated rings. The normalized spacial score (nSPS) is 32.3. The highest BCUT2D eigenvalue weighted by Gasteiger charge is 2.34. The Bertz CT molecular complexity index is 276.